The van der Waals surface area contributed by atoms with E-state index in [0.717, 1.165) is 35.7 Å². The monoisotopic (exact) mass is 486 g/mol. The molecule has 7 nitrogen and oxygen atoms in total. The van der Waals surface area contributed by atoms with Crippen molar-refractivity contribution in [3.63, 3.8) is 0 Å². The van der Waals surface area contributed by atoms with Gasteiger partial charge in [0.1, 0.15) is 11.5 Å². The number of ether oxygens (including phenoxy) is 2. The lowest BCUT2D eigenvalue weighted by Gasteiger charge is -2.21. The van der Waals surface area contributed by atoms with Crippen LogP contribution in [0.15, 0.2) is 43.1 Å². The molecule has 0 bridgehead atoms. The third kappa shape index (κ3) is 4.70. The average molecular weight is 487 g/mol. The fourth-order valence-electron chi connectivity index (χ4n) is 4.11. The topological polar surface area (TPSA) is 85.4 Å². The summed E-state index contributed by atoms with van der Waals surface area (Å²) >= 11 is 13.1. The Kier molecular flexibility index (Phi) is 6.91. The number of benzene rings is 2. The minimum atomic E-state index is -0.174. The van der Waals surface area contributed by atoms with E-state index in [1.807, 2.05) is 18.2 Å². The number of hydrogen-bond acceptors (Lipinski definition) is 6. The van der Waals surface area contributed by atoms with Crippen LogP contribution in [0.25, 0.3) is 22.0 Å². The molecule has 1 saturated carbocycles. The van der Waals surface area contributed by atoms with E-state index in [1.54, 1.807) is 26.5 Å². The highest BCUT2D eigenvalue weighted by molar-refractivity contribution is 6.41. The Morgan fingerprint density at radius 2 is 1.82 bits per heavy atom. The summed E-state index contributed by atoms with van der Waals surface area (Å²) in [5.74, 6) is 1.28. The van der Waals surface area contributed by atoms with Crippen LogP contribution in [0.2, 0.25) is 10.0 Å². The van der Waals surface area contributed by atoms with Crippen LogP contribution in [0, 0.1) is 0 Å². The van der Waals surface area contributed by atoms with Crippen LogP contribution in [0.1, 0.15) is 19.3 Å². The van der Waals surface area contributed by atoms with E-state index in [-0.39, 0.29) is 18.0 Å². The molecule has 0 saturated heterocycles. The van der Waals surface area contributed by atoms with Crippen LogP contribution in [0.4, 0.5) is 5.95 Å². The van der Waals surface area contributed by atoms with Gasteiger partial charge in [0.05, 0.1) is 29.8 Å². The quantitative estimate of drug-likeness (QED) is 0.443. The number of hydrogen-bond donors (Lipinski definition) is 2. The Balaban J connectivity index is 1.63. The van der Waals surface area contributed by atoms with Gasteiger partial charge in [0.2, 0.25) is 11.9 Å². The standard InChI is InChI=1S/C24H24Cl2N4O3/c1-4-20(31)28-16-6-5-7-17(16)30-24-27-12-14-10-13(8-9-15(14)29-24)21-22(25)18(32-2)11-19(33-3)23(21)26/h4,8-12,16-17H,1,5-7H2,2-3H3,(H,28,31)(H,27,29,30)/t16-,17-/m1/s1. The van der Waals surface area contributed by atoms with E-state index in [4.69, 9.17) is 32.7 Å². The van der Waals surface area contributed by atoms with Gasteiger partial charge in [0.25, 0.3) is 0 Å². The van der Waals surface area contributed by atoms with Crippen LogP contribution >= 0.6 is 23.2 Å². The molecular weight excluding hydrogens is 463 g/mol. The molecule has 9 heteroatoms. The molecule has 172 valence electrons. The zero-order valence-electron chi connectivity index (χ0n) is 18.3. The lowest BCUT2D eigenvalue weighted by Crippen LogP contribution is -2.42. The molecule has 1 aliphatic carbocycles. The van der Waals surface area contributed by atoms with Gasteiger partial charge in [-0.2, -0.15) is 0 Å². The lowest BCUT2D eigenvalue weighted by molar-refractivity contribution is -0.117. The van der Waals surface area contributed by atoms with E-state index in [2.05, 4.69) is 27.2 Å². The van der Waals surface area contributed by atoms with Crippen LogP contribution in [-0.2, 0) is 4.79 Å². The molecule has 1 fully saturated rings. The summed E-state index contributed by atoms with van der Waals surface area (Å²) in [7, 11) is 3.08. The van der Waals surface area contributed by atoms with Crippen molar-refractivity contribution in [3.05, 3.63) is 53.2 Å². The number of amides is 1. The molecule has 2 N–H and O–H groups in total. The molecule has 1 aromatic heterocycles. The summed E-state index contributed by atoms with van der Waals surface area (Å²) in [5.41, 5.74) is 2.18. The van der Waals surface area contributed by atoms with Crippen molar-refractivity contribution in [3.8, 4) is 22.6 Å². The first-order chi connectivity index (χ1) is 15.9. The predicted octanol–water partition coefficient (Wildman–Crippen LogP) is 5.26. The third-order valence-corrected chi connectivity index (χ3v) is 6.54. The number of carbonyl (C=O) groups excluding carboxylic acids is 1. The first-order valence-corrected chi connectivity index (χ1v) is 11.3. The molecule has 0 unspecified atom stereocenters. The first kappa shape index (κ1) is 23.1. The van der Waals surface area contributed by atoms with Crippen molar-refractivity contribution in [1.82, 2.24) is 15.3 Å². The SMILES string of the molecule is C=CC(=O)N[C@@H]1CCC[C@H]1Nc1ncc2cc(-c3c(Cl)c(OC)cc(OC)c3Cl)ccc2n1. The second kappa shape index (κ2) is 9.85. The van der Waals surface area contributed by atoms with Crippen LogP contribution in [0.5, 0.6) is 11.5 Å². The van der Waals surface area contributed by atoms with E-state index < -0.39 is 0 Å². The fourth-order valence-corrected chi connectivity index (χ4v) is 4.83. The maximum absolute atomic E-state index is 11.7. The van der Waals surface area contributed by atoms with Crippen LogP contribution < -0.4 is 20.1 Å². The van der Waals surface area contributed by atoms with Gasteiger partial charge in [-0.25, -0.2) is 9.97 Å². The minimum absolute atomic E-state index is 0.0181. The van der Waals surface area contributed by atoms with E-state index in [0.29, 0.717) is 33.1 Å². The van der Waals surface area contributed by atoms with Crippen LogP contribution in [0.3, 0.4) is 0 Å². The Bertz CT molecular complexity index is 1190. The predicted molar refractivity (Wildman–Crippen MR) is 131 cm³/mol. The molecular formula is C24H24Cl2N4O3. The van der Waals surface area contributed by atoms with E-state index >= 15 is 0 Å². The summed E-state index contributed by atoms with van der Waals surface area (Å²) in [6.07, 6.45) is 5.88. The number of rotatable bonds is 7. The average Bonchev–Trinajstić information content (AvgIpc) is 3.25. The zero-order chi connectivity index (χ0) is 23.5. The minimum Gasteiger partial charge on any atom is -0.495 e. The lowest BCUT2D eigenvalue weighted by atomic mass is 10.0. The molecule has 33 heavy (non-hydrogen) atoms. The summed E-state index contributed by atoms with van der Waals surface area (Å²) in [5, 5.41) is 7.96. The molecule has 1 heterocycles. The Morgan fingerprint density at radius 1 is 1.12 bits per heavy atom. The van der Waals surface area contributed by atoms with Gasteiger partial charge < -0.3 is 20.1 Å². The summed E-state index contributed by atoms with van der Waals surface area (Å²) < 4.78 is 10.8. The molecule has 1 aliphatic rings. The summed E-state index contributed by atoms with van der Waals surface area (Å²) in [6, 6.07) is 7.45. The summed E-state index contributed by atoms with van der Waals surface area (Å²) in [4.78, 5) is 20.8. The van der Waals surface area contributed by atoms with Crippen molar-refractivity contribution in [1.29, 1.82) is 0 Å². The molecule has 3 aromatic rings. The molecule has 0 radical (unpaired) electrons. The van der Waals surface area contributed by atoms with Gasteiger partial charge in [0, 0.05) is 35.3 Å². The van der Waals surface area contributed by atoms with Gasteiger partial charge in [-0.1, -0.05) is 35.8 Å². The smallest absolute Gasteiger partial charge is 0.243 e. The van der Waals surface area contributed by atoms with Gasteiger partial charge in [-0.15, -0.1) is 0 Å². The number of anilines is 1. The summed E-state index contributed by atoms with van der Waals surface area (Å²) in [6.45, 7) is 3.52. The van der Waals surface area contributed by atoms with Gasteiger partial charge >= 0.3 is 0 Å². The highest BCUT2D eigenvalue weighted by Gasteiger charge is 2.28. The second-order valence-corrected chi connectivity index (χ2v) is 8.51. The number of nitrogens with zero attached hydrogens (tertiary/aromatic N) is 2. The van der Waals surface area contributed by atoms with Crippen molar-refractivity contribution in [2.24, 2.45) is 0 Å². The number of aromatic nitrogens is 2. The Labute approximate surface area is 202 Å². The van der Waals surface area contributed by atoms with Crippen molar-refractivity contribution >= 4 is 46.0 Å². The van der Waals surface area contributed by atoms with Crippen molar-refractivity contribution in [2.75, 3.05) is 19.5 Å². The number of carbonyl (C=O) groups is 1. The first-order valence-electron chi connectivity index (χ1n) is 10.5. The molecule has 0 spiro atoms. The van der Waals surface area contributed by atoms with Crippen molar-refractivity contribution < 1.29 is 14.3 Å². The fraction of sp³-hybridized carbons (Fsp3) is 0.292. The second-order valence-electron chi connectivity index (χ2n) is 7.75. The largest absolute Gasteiger partial charge is 0.495 e. The molecule has 1 amide bonds. The van der Waals surface area contributed by atoms with E-state index in [9.17, 15) is 4.79 Å². The Morgan fingerprint density at radius 3 is 2.48 bits per heavy atom. The number of fused-ring (bicyclic) bond motifs is 1. The zero-order valence-corrected chi connectivity index (χ0v) is 19.8. The van der Waals surface area contributed by atoms with Gasteiger partial charge in [-0.05, 0) is 43.0 Å². The van der Waals surface area contributed by atoms with Gasteiger partial charge in [-0.3, -0.25) is 4.79 Å². The normalized spacial score (nSPS) is 17.6. The molecule has 2 atom stereocenters. The van der Waals surface area contributed by atoms with E-state index in [1.165, 1.54) is 6.08 Å². The molecule has 4 rings (SSSR count). The maximum Gasteiger partial charge on any atom is 0.243 e. The molecule has 0 aliphatic heterocycles. The Hall–Kier alpha value is -3.03. The highest BCUT2D eigenvalue weighted by Crippen LogP contribution is 2.46. The maximum atomic E-state index is 11.7. The van der Waals surface area contributed by atoms with Crippen molar-refractivity contribution in [2.45, 2.75) is 31.3 Å². The highest BCUT2D eigenvalue weighted by atomic mass is 35.5. The number of methoxy groups -OCH3 is 2. The van der Waals surface area contributed by atoms with Crippen LogP contribution in [-0.4, -0.2) is 42.2 Å². The molecule has 2 aromatic carbocycles. The number of halogens is 2. The number of nitrogens with one attached hydrogen (secondary N) is 2. The van der Waals surface area contributed by atoms with Gasteiger partial charge in [0.15, 0.2) is 0 Å². The third-order valence-electron chi connectivity index (χ3n) is 5.79.